The van der Waals surface area contributed by atoms with Crippen molar-refractivity contribution in [1.29, 1.82) is 0 Å². The van der Waals surface area contributed by atoms with E-state index in [-0.39, 0.29) is 5.82 Å². The molecule has 0 saturated heterocycles. The van der Waals surface area contributed by atoms with Gasteiger partial charge < -0.3 is 5.32 Å². The van der Waals surface area contributed by atoms with E-state index in [1.165, 1.54) is 17.4 Å². The number of nitrogens with zero attached hydrogens (tertiary/aromatic N) is 2. The molecule has 1 N–H and O–H groups in total. The number of benzene rings is 1. The van der Waals surface area contributed by atoms with Gasteiger partial charge >= 0.3 is 0 Å². The van der Waals surface area contributed by atoms with Gasteiger partial charge in [-0.1, -0.05) is 30.7 Å². The van der Waals surface area contributed by atoms with Gasteiger partial charge in [0.25, 0.3) is 0 Å². The predicted molar refractivity (Wildman–Crippen MR) is 94.2 cm³/mol. The maximum atomic E-state index is 13.9. The molecule has 6 heteroatoms. The van der Waals surface area contributed by atoms with Crippen LogP contribution in [-0.4, -0.2) is 9.97 Å². The van der Waals surface area contributed by atoms with E-state index in [9.17, 15) is 4.39 Å². The van der Waals surface area contributed by atoms with Gasteiger partial charge in [-0.25, -0.2) is 14.4 Å². The first-order valence-electron chi connectivity index (χ1n) is 7.23. The molecule has 118 valence electrons. The first-order valence-corrected chi connectivity index (χ1v) is 8.42. The largest absolute Gasteiger partial charge is 0.337 e. The molecule has 0 aliphatic heterocycles. The number of thiophene rings is 1. The van der Waals surface area contributed by atoms with Crippen molar-refractivity contribution >= 4 is 34.4 Å². The average molecular weight is 348 g/mol. The number of aryl methyl sites for hydroxylation is 1. The van der Waals surface area contributed by atoms with Crippen molar-refractivity contribution in [3.05, 3.63) is 57.8 Å². The number of rotatable bonds is 4. The molecule has 0 aliphatic carbocycles. The van der Waals surface area contributed by atoms with E-state index in [0.717, 1.165) is 22.6 Å². The number of hydrogen-bond acceptors (Lipinski definition) is 4. The van der Waals surface area contributed by atoms with Crippen LogP contribution in [0.15, 0.2) is 36.4 Å². The van der Waals surface area contributed by atoms with Crippen LogP contribution in [0.4, 0.5) is 15.9 Å². The minimum atomic E-state index is -0.313. The maximum absolute atomic E-state index is 13.9. The fraction of sp³-hybridized carbons (Fsp3) is 0.176. The van der Waals surface area contributed by atoms with Crippen molar-refractivity contribution in [3.8, 4) is 10.7 Å². The molecule has 0 spiro atoms. The van der Waals surface area contributed by atoms with Crippen molar-refractivity contribution in [3.63, 3.8) is 0 Å². The fourth-order valence-electron chi connectivity index (χ4n) is 2.36. The molecule has 0 fully saturated rings. The normalized spacial score (nSPS) is 10.8. The summed E-state index contributed by atoms with van der Waals surface area (Å²) in [7, 11) is 0. The highest BCUT2D eigenvalue weighted by Crippen LogP contribution is 2.31. The predicted octanol–water partition coefficient (Wildman–Crippen LogP) is 5.61. The Labute approximate surface area is 143 Å². The topological polar surface area (TPSA) is 37.8 Å². The standard InChI is InChI=1S/C17H15ClFN3S/c1-3-11-10(2)20-17(14-8-9-15(18)23-14)22-16(11)21-13-7-5-4-6-12(13)19/h4-9H,3H2,1-2H3,(H,20,21,22). The molecule has 3 rings (SSSR count). The Kier molecular flexibility index (Phi) is 4.59. The van der Waals surface area contributed by atoms with E-state index in [1.54, 1.807) is 18.2 Å². The number of nitrogens with one attached hydrogen (secondary N) is 1. The van der Waals surface area contributed by atoms with Gasteiger partial charge in [0.1, 0.15) is 11.6 Å². The van der Waals surface area contributed by atoms with Crippen molar-refractivity contribution in [2.75, 3.05) is 5.32 Å². The lowest BCUT2D eigenvalue weighted by molar-refractivity contribution is 0.631. The number of hydrogen-bond donors (Lipinski definition) is 1. The van der Waals surface area contributed by atoms with Gasteiger partial charge in [-0.05, 0) is 37.6 Å². The Balaban J connectivity index is 2.07. The molecule has 2 aromatic heterocycles. The van der Waals surface area contributed by atoms with E-state index in [0.29, 0.717) is 21.7 Å². The van der Waals surface area contributed by atoms with Crippen LogP contribution in [0.3, 0.4) is 0 Å². The quantitative estimate of drug-likeness (QED) is 0.666. The third kappa shape index (κ3) is 3.35. The Hall–Kier alpha value is -1.98. The third-order valence-electron chi connectivity index (χ3n) is 3.49. The second-order valence-electron chi connectivity index (χ2n) is 5.02. The first kappa shape index (κ1) is 15.9. The second kappa shape index (κ2) is 6.64. The molecule has 0 unspecified atom stereocenters. The number of para-hydroxylation sites is 1. The molecule has 0 radical (unpaired) electrons. The van der Waals surface area contributed by atoms with E-state index in [4.69, 9.17) is 11.6 Å². The van der Waals surface area contributed by atoms with Gasteiger partial charge in [0.05, 0.1) is 14.9 Å². The summed E-state index contributed by atoms with van der Waals surface area (Å²) >= 11 is 7.42. The summed E-state index contributed by atoms with van der Waals surface area (Å²) in [5.74, 6) is 0.909. The number of anilines is 2. The molecule has 0 atom stereocenters. The summed E-state index contributed by atoms with van der Waals surface area (Å²) < 4.78 is 14.6. The molecule has 23 heavy (non-hydrogen) atoms. The van der Waals surface area contributed by atoms with Crippen molar-refractivity contribution in [2.24, 2.45) is 0 Å². The molecule has 3 aromatic rings. The van der Waals surface area contributed by atoms with Crippen molar-refractivity contribution in [2.45, 2.75) is 20.3 Å². The molecule has 1 aromatic carbocycles. The van der Waals surface area contributed by atoms with Crippen LogP contribution in [0.2, 0.25) is 4.34 Å². The summed E-state index contributed by atoms with van der Waals surface area (Å²) in [5, 5.41) is 3.10. The summed E-state index contributed by atoms with van der Waals surface area (Å²) in [6, 6.07) is 10.3. The zero-order valence-electron chi connectivity index (χ0n) is 12.7. The number of halogens is 2. The molecule has 2 heterocycles. The molecule has 0 aliphatic rings. The Morgan fingerprint density at radius 1 is 1.17 bits per heavy atom. The summed E-state index contributed by atoms with van der Waals surface area (Å²) in [4.78, 5) is 10.0. The lowest BCUT2D eigenvalue weighted by atomic mass is 10.1. The monoisotopic (exact) mass is 347 g/mol. The zero-order valence-corrected chi connectivity index (χ0v) is 14.3. The Morgan fingerprint density at radius 2 is 1.96 bits per heavy atom. The second-order valence-corrected chi connectivity index (χ2v) is 6.74. The van der Waals surface area contributed by atoms with Crippen LogP contribution in [0, 0.1) is 12.7 Å². The SMILES string of the molecule is CCc1c(C)nc(-c2ccc(Cl)s2)nc1Nc1ccccc1F. The zero-order chi connectivity index (χ0) is 16.4. The summed E-state index contributed by atoms with van der Waals surface area (Å²) in [5.41, 5.74) is 2.25. The minimum Gasteiger partial charge on any atom is -0.337 e. The number of aromatic nitrogens is 2. The fourth-order valence-corrected chi connectivity index (χ4v) is 3.33. The summed E-state index contributed by atoms with van der Waals surface area (Å²) in [6.45, 7) is 3.96. The first-order chi connectivity index (χ1) is 11.1. The van der Waals surface area contributed by atoms with E-state index in [2.05, 4.69) is 15.3 Å². The Morgan fingerprint density at radius 3 is 2.61 bits per heavy atom. The lowest BCUT2D eigenvalue weighted by Crippen LogP contribution is -2.05. The molecule has 0 saturated carbocycles. The van der Waals surface area contributed by atoms with Crippen LogP contribution in [-0.2, 0) is 6.42 Å². The van der Waals surface area contributed by atoms with Gasteiger partial charge in [-0.2, -0.15) is 0 Å². The van der Waals surface area contributed by atoms with Crippen LogP contribution in [0.5, 0.6) is 0 Å². The van der Waals surface area contributed by atoms with Crippen molar-refractivity contribution < 1.29 is 4.39 Å². The minimum absolute atomic E-state index is 0.313. The molecule has 0 amide bonds. The van der Waals surface area contributed by atoms with E-state index >= 15 is 0 Å². The highest BCUT2D eigenvalue weighted by molar-refractivity contribution is 7.19. The van der Waals surface area contributed by atoms with Gasteiger partial charge in [0.15, 0.2) is 5.82 Å². The van der Waals surface area contributed by atoms with E-state index < -0.39 is 0 Å². The highest BCUT2D eigenvalue weighted by atomic mass is 35.5. The Bertz CT molecular complexity index is 848. The average Bonchev–Trinajstić information content (AvgIpc) is 2.96. The highest BCUT2D eigenvalue weighted by Gasteiger charge is 2.14. The molecular weight excluding hydrogens is 333 g/mol. The van der Waals surface area contributed by atoms with Gasteiger partial charge in [-0.3, -0.25) is 0 Å². The maximum Gasteiger partial charge on any atom is 0.171 e. The van der Waals surface area contributed by atoms with E-state index in [1.807, 2.05) is 26.0 Å². The van der Waals surface area contributed by atoms with Crippen LogP contribution in [0.25, 0.3) is 10.7 Å². The van der Waals surface area contributed by atoms with Gasteiger partial charge in [0, 0.05) is 11.3 Å². The summed E-state index contributed by atoms with van der Waals surface area (Å²) in [6.07, 6.45) is 0.758. The smallest absolute Gasteiger partial charge is 0.171 e. The van der Waals surface area contributed by atoms with Crippen molar-refractivity contribution in [1.82, 2.24) is 9.97 Å². The molecule has 0 bridgehead atoms. The van der Waals surface area contributed by atoms with Crippen LogP contribution >= 0.6 is 22.9 Å². The van der Waals surface area contributed by atoms with Crippen LogP contribution in [0.1, 0.15) is 18.2 Å². The van der Waals surface area contributed by atoms with Gasteiger partial charge in [-0.15, -0.1) is 11.3 Å². The van der Waals surface area contributed by atoms with Crippen LogP contribution < -0.4 is 5.32 Å². The van der Waals surface area contributed by atoms with Gasteiger partial charge in [0.2, 0.25) is 0 Å². The molecular formula is C17H15ClFN3S. The third-order valence-corrected chi connectivity index (χ3v) is 4.72. The lowest BCUT2D eigenvalue weighted by Gasteiger charge is -2.14. The molecule has 3 nitrogen and oxygen atoms in total.